The number of aromatic nitrogens is 1. The fourth-order valence-corrected chi connectivity index (χ4v) is 2.42. The predicted octanol–water partition coefficient (Wildman–Crippen LogP) is 3.56. The standard InChI is InChI=1S/C18H29N3O5/c1-11-9-14(19-15(22)26-18(6,7)8)21(25)12(2)13(11)10-20(16(23)24)17(3,4)5/h9H,10H2,1-8H3,(H,19,22)(H,23,24). The molecular weight excluding hydrogens is 338 g/mol. The van der Waals surface area contributed by atoms with Crippen LogP contribution in [0.1, 0.15) is 58.4 Å². The molecule has 0 aromatic carbocycles. The van der Waals surface area contributed by atoms with Crippen LogP contribution in [0.3, 0.4) is 0 Å². The molecule has 0 aliphatic rings. The van der Waals surface area contributed by atoms with Crippen molar-refractivity contribution in [3.05, 3.63) is 28.1 Å². The molecule has 2 amide bonds. The average molecular weight is 367 g/mol. The summed E-state index contributed by atoms with van der Waals surface area (Å²) in [5.74, 6) is 0.0376. The largest absolute Gasteiger partial charge is 0.710 e. The minimum Gasteiger partial charge on any atom is -0.710 e. The van der Waals surface area contributed by atoms with Crippen LogP contribution in [0.5, 0.6) is 0 Å². The molecule has 0 saturated heterocycles. The summed E-state index contributed by atoms with van der Waals surface area (Å²) in [7, 11) is 0. The van der Waals surface area contributed by atoms with Gasteiger partial charge in [0.1, 0.15) is 11.3 Å². The van der Waals surface area contributed by atoms with Gasteiger partial charge in [-0.05, 0) is 61.0 Å². The van der Waals surface area contributed by atoms with E-state index in [1.54, 1.807) is 55.4 Å². The summed E-state index contributed by atoms with van der Waals surface area (Å²) in [5, 5.41) is 24.4. The van der Waals surface area contributed by atoms with Gasteiger partial charge in [-0.3, -0.25) is 4.90 Å². The highest BCUT2D eigenvalue weighted by Crippen LogP contribution is 2.22. The van der Waals surface area contributed by atoms with Crippen molar-refractivity contribution in [1.82, 2.24) is 4.90 Å². The van der Waals surface area contributed by atoms with Crippen LogP contribution in [0.2, 0.25) is 0 Å². The van der Waals surface area contributed by atoms with E-state index in [1.807, 2.05) is 0 Å². The highest BCUT2D eigenvalue weighted by atomic mass is 16.6. The third-order valence-electron chi connectivity index (χ3n) is 3.78. The molecule has 0 aliphatic heterocycles. The molecule has 26 heavy (non-hydrogen) atoms. The smallest absolute Gasteiger partial charge is 0.505 e. The molecular formula is C18H29N3O5. The first kappa shape index (κ1) is 21.5. The lowest BCUT2D eigenvalue weighted by Crippen LogP contribution is -2.46. The Hall–Kier alpha value is -2.51. The van der Waals surface area contributed by atoms with Gasteiger partial charge >= 0.3 is 12.2 Å². The molecule has 146 valence electrons. The van der Waals surface area contributed by atoms with E-state index >= 15 is 0 Å². The molecule has 1 heterocycles. The van der Waals surface area contributed by atoms with Crippen molar-refractivity contribution in [2.24, 2.45) is 0 Å². The third-order valence-corrected chi connectivity index (χ3v) is 3.78. The summed E-state index contributed by atoms with van der Waals surface area (Å²) < 4.78 is 5.74. The molecule has 0 unspecified atom stereocenters. The molecule has 8 heteroatoms. The number of carbonyl (C=O) groups excluding carboxylic acids is 1. The zero-order valence-electron chi connectivity index (χ0n) is 16.8. The summed E-state index contributed by atoms with van der Waals surface area (Å²) in [6.07, 6.45) is -1.79. The predicted molar refractivity (Wildman–Crippen MR) is 98.1 cm³/mol. The Bertz CT molecular complexity index is 702. The van der Waals surface area contributed by atoms with E-state index < -0.39 is 23.3 Å². The normalized spacial score (nSPS) is 11.8. The molecule has 0 bridgehead atoms. The maximum Gasteiger partial charge on any atom is 0.505 e. The summed E-state index contributed by atoms with van der Waals surface area (Å²) >= 11 is 0. The van der Waals surface area contributed by atoms with E-state index in [0.717, 1.165) is 0 Å². The van der Waals surface area contributed by atoms with Crippen LogP contribution in [-0.4, -0.2) is 33.3 Å². The van der Waals surface area contributed by atoms with Crippen molar-refractivity contribution in [2.75, 3.05) is 5.32 Å². The van der Waals surface area contributed by atoms with Gasteiger partial charge in [0, 0.05) is 17.2 Å². The first-order valence-electron chi connectivity index (χ1n) is 8.36. The SMILES string of the molecule is Cc1cc(NC(=O)OC(C)(C)C)[n+]([O-])c(C)c1CN(C(=O)O)C(C)(C)C. The second-order valence-electron chi connectivity index (χ2n) is 8.24. The number of rotatable bonds is 3. The van der Waals surface area contributed by atoms with Crippen molar-refractivity contribution in [2.45, 2.75) is 73.1 Å². The second-order valence-corrected chi connectivity index (χ2v) is 8.24. The summed E-state index contributed by atoms with van der Waals surface area (Å²) in [6, 6.07) is 1.52. The molecule has 0 fully saturated rings. The Morgan fingerprint density at radius 3 is 2.19 bits per heavy atom. The molecule has 0 atom stereocenters. The molecule has 8 nitrogen and oxygen atoms in total. The highest BCUT2D eigenvalue weighted by molar-refractivity contribution is 5.83. The molecule has 1 aromatic rings. The maximum atomic E-state index is 12.5. The van der Waals surface area contributed by atoms with Crippen LogP contribution in [0.25, 0.3) is 0 Å². The number of hydrogen-bond acceptors (Lipinski definition) is 4. The van der Waals surface area contributed by atoms with Crippen molar-refractivity contribution in [3.63, 3.8) is 0 Å². The molecule has 1 rings (SSSR count). The minimum absolute atomic E-state index is 0.0376. The number of hydrogen-bond donors (Lipinski definition) is 2. The van der Waals surface area contributed by atoms with Crippen LogP contribution < -0.4 is 10.0 Å². The quantitative estimate of drug-likeness (QED) is 0.627. The van der Waals surface area contributed by atoms with E-state index in [4.69, 9.17) is 4.74 Å². The van der Waals surface area contributed by atoms with Crippen LogP contribution in [0.15, 0.2) is 6.07 Å². The average Bonchev–Trinajstić information content (AvgIpc) is 2.40. The van der Waals surface area contributed by atoms with Crippen LogP contribution in [0, 0.1) is 19.1 Å². The lowest BCUT2D eigenvalue weighted by atomic mass is 10.0. The third kappa shape index (κ3) is 5.50. The number of carboxylic acid groups (broad SMARTS) is 1. The number of amides is 2. The molecule has 0 aliphatic carbocycles. The first-order valence-corrected chi connectivity index (χ1v) is 8.36. The first-order chi connectivity index (χ1) is 11.6. The van der Waals surface area contributed by atoms with Gasteiger partial charge in [-0.2, -0.15) is 10.1 Å². The fourth-order valence-electron chi connectivity index (χ4n) is 2.42. The van der Waals surface area contributed by atoms with Gasteiger partial charge in [0.15, 0.2) is 0 Å². The summed E-state index contributed by atoms with van der Waals surface area (Å²) in [4.78, 5) is 24.8. The van der Waals surface area contributed by atoms with Crippen molar-refractivity contribution in [3.8, 4) is 0 Å². The number of anilines is 1. The second kappa shape index (κ2) is 7.39. The lowest BCUT2D eigenvalue weighted by molar-refractivity contribution is -0.597. The number of aryl methyl sites for hydroxylation is 1. The number of ether oxygens (including phenoxy) is 1. The Balaban J connectivity index is 3.19. The summed E-state index contributed by atoms with van der Waals surface area (Å²) in [6.45, 7) is 14.0. The van der Waals surface area contributed by atoms with Crippen molar-refractivity contribution >= 4 is 18.0 Å². The van der Waals surface area contributed by atoms with Crippen LogP contribution >= 0.6 is 0 Å². The number of carbonyl (C=O) groups is 2. The topological polar surface area (TPSA) is 106 Å². The van der Waals surface area contributed by atoms with E-state index in [9.17, 15) is 19.9 Å². The molecule has 0 saturated carbocycles. The lowest BCUT2D eigenvalue weighted by Gasteiger charge is -2.34. The van der Waals surface area contributed by atoms with E-state index in [2.05, 4.69) is 5.32 Å². The Morgan fingerprint density at radius 2 is 1.77 bits per heavy atom. The molecule has 2 N–H and O–H groups in total. The van der Waals surface area contributed by atoms with E-state index in [-0.39, 0.29) is 12.4 Å². The zero-order valence-corrected chi connectivity index (χ0v) is 16.8. The van der Waals surface area contributed by atoms with Gasteiger partial charge in [-0.1, -0.05) is 0 Å². The fraction of sp³-hybridized carbons (Fsp3) is 0.611. The van der Waals surface area contributed by atoms with Crippen LogP contribution in [-0.2, 0) is 11.3 Å². The number of nitrogens with one attached hydrogen (secondary N) is 1. The Labute approximate surface area is 154 Å². The zero-order chi connectivity index (χ0) is 20.4. The van der Waals surface area contributed by atoms with Crippen molar-refractivity contribution in [1.29, 1.82) is 0 Å². The molecule has 0 radical (unpaired) electrons. The summed E-state index contributed by atoms with van der Waals surface area (Å²) in [5.41, 5.74) is 0.331. The van der Waals surface area contributed by atoms with Gasteiger partial charge in [-0.25, -0.2) is 9.52 Å². The highest BCUT2D eigenvalue weighted by Gasteiger charge is 2.29. The maximum absolute atomic E-state index is 12.5. The molecule has 0 spiro atoms. The van der Waals surface area contributed by atoms with Gasteiger partial charge in [0.2, 0.25) is 0 Å². The number of nitrogens with zero attached hydrogens (tertiary/aromatic N) is 2. The van der Waals surface area contributed by atoms with E-state index in [0.29, 0.717) is 21.6 Å². The van der Waals surface area contributed by atoms with Gasteiger partial charge < -0.3 is 15.1 Å². The van der Waals surface area contributed by atoms with Gasteiger partial charge in [0.25, 0.3) is 5.82 Å². The van der Waals surface area contributed by atoms with Crippen molar-refractivity contribution < 1.29 is 24.2 Å². The Morgan fingerprint density at radius 1 is 1.23 bits per heavy atom. The number of pyridine rings is 1. The van der Waals surface area contributed by atoms with Gasteiger partial charge in [0.05, 0.1) is 6.54 Å². The van der Waals surface area contributed by atoms with E-state index in [1.165, 1.54) is 11.0 Å². The van der Waals surface area contributed by atoms with Gasteiger partial charge in [-0.15, -0.1) is 0 Å². The minimum atomic E-state index is -1.07. The monoisotopic (exact) mass is 367 g/mol. The Kier molecular flexibility index (Phi) is 6.12. The molecule has 1 aromatic heterocycles. The van der Waals surface area contributed by atoms with Crippen LogP contribution in [0.4, 0.5) is 15.4 Å².